The second kappa shape index (κ2) is 8.74. The number of benzene rings is 2. The van der Waals surface area contributed by atoms with Crippen molar-refractivity contribution in [2.75, 3.05) is 28.7 Å². The molecule has 0 saturated carbocycles. The fourth-order valence-corrected chi connectivity index (χ4v) is 3.11. The molecule has 1 aromatic heterocycles. The first-order valence-electron chi connectivity index (χ1n) is 8.71. The minimum Gasteiger partial charge on any atom is -0.355 e. The molecule has 0 bridgehead atoms. The van der Waals surface area contributed by atoms with Crippen molar-refractivity contribution >= 4 is 44.8 Å². The molecule has 0 spiro atoms. The van der Waals surface area contributed by atoms with E-state index in [0.717, 1.165) is 12.5 Å². The van der Waals surface area contributed by atoms with Gasteiger partial charge < -0.3 is 16.0 Å². The van der Waals surface area contributed by atoms with E-state index in [1.807, 2.05) is 0 Å². The van der Waals surface area contributed by atoms with Crippen LogP contribution >= 0.6 is 0 Å². The maximum Gasteiger partial charge on any atom is 0.251 e. The highest BCUT2D eigenvalue weighted by atomic mass is 32.2. The van der Waals surface area contributed by atoms with Crippen LogP contribution in [-0.4, -0.2) is 37.6 Å². The van der Waals surface area contributed by atoms with Crippen molar-refractivity contribution in [3.05, 3.63) is 66.1 Å². The molecule has 30 heavy (non-hydrogen) atoms. The van der Waals surface area contributed by atoms with Gasteiger partial charge in [0.25, 0.3) is 5.91 Å². The van der Waals surface area contributed by atoms with Crippen LogP contribution in [0.3, 0.4) is 0 Å². The van der Waals surface area contributed by atoms with Gasteiger partial charge in [0.05, 0.1) is 23.8 Å². The fourth-order valence-electron chi connectivity index (χ4n) is 2.54. The number of halogens is 1. The van der Waals surface area contributed by atoms with E-state index < -0.39 is 15.8 Å². The van der Waals surface area contributed by atoms with Crippen molar-refractivity contribution in [2.24, 2.45) is 0 Å². The molecule has 1 amide bonds. The number of nitrogens with one attached hydrogen (secondary N) is 4. The third-order valence-corrected chi connectivity index (χ3v) is 4.42. The summed E-state index contributed by atoms with van der Waals surface area (Å²) in [5, 5.41) is 8.21. The summed E-state index contributed by atoms with van der Waals surface area (Å²) in [5.41, 5.74) is 1.52. The lowest BCUT2D eigenvalue weighted by Crippen LogP contribution is -2.17. The lowest BCUT2D eigenvalue weighted by atomic mass is 10.2. The molecule has 0 radical (unpaired) electrons. The first-order chi connectivity index (χ1) is 14.2. The highest BCUT2D eigenvalue weighted by molar-refractivity contribution is 7.92. The monoisotopic (exact) mass is 430 g/mol. The molecule has 0 unspecified atom stereocenters. The predicted molar refractivity (Wildman–Crippen MR) is 113 cm³/mol. The predicted octanol–water partition coefficient (Wildman–Crippen LogP) is 2.83. The van der Waals surface area contributed by atoms with Gasteiger partial charge in [0.15, 0.2) is 11.6 Å². The third-order valence-electron chi connectivity index (χ3n) is 3.83. The van der Waals surface area contributed by atoms with Crippen LogP contribution in [0.2, 0.25) is 0 Å². The van der Waals surface area contributed by atoms with Crippen LogP contribution in [-0.2, 0) is 10.0 Å². The molecule has 3 rings (SSSR count). The SMILES string of the molecule is CNC(=O)c1cccc(Nc2ncc(F)c(Nc3ccccc3NS(C)(=O)=O)n2)c1. The second-order valence-corrected chi connectivity index (χ2v) is 7.97. The van der Waals surface area contributed by atoms with Crippen molar-refractivity contribution in [1.29, 1.82) is 0 Å². The molecule has 0 atom stereocenters. The van der Waals surface area contributed by atoms with Gasteiger partial charge in [-0.3, -0.25) is 9.52 Å². The number of para-hydroxylation sites is 2. The molecule has 3 aromatic rings. The molecule has 11 heteroatoms. The van der Waals surface area contributed by atoms with Gasteiger partial charge in [-0.1, -0.05) is 18.2 Å². The van der Waals surface area contributed by atoms with Crippen molar-refractivity contribution in [1.82, 2.24) is 15.3 Å². The Morgan fingerprint density at radius 1 is 1.03 bits per heavy atom. The lowest BCUT2D eigenvalue weighted by molar-refractivity contribution is 0.0963. The van der Waals surface area contributed by atoms with Crippen LogP contribution in [0.5, 0.6) is 0 Å². The molecule has 0 saturated heterocycles. The molecule has 0 aliphatic carbocycles. The molecule has 9 nitrogen and oxygen atoms in total. The fraction of sp³-hybridized carbons (Fsp3) is 0.105. The summed E-state index contributed by atoms with van der Waals surface area (Å²) >= 11 is 0. The number of nitrogens with zero attached hydrogens (tertiary/aromatic N) is 2. The minimum absolute atomic E-state index is 0.0847. The van der Waals surface area contributed by atoms with E-state index in [1.165, 1.54) is 13.1 Å². The molecule has 1 heterocycles. The summed E-state index contributed by atoms with van der Waals surface area (Å²) in [5.74, 6) is -1.05. The topological polar surface area (TPSA) is 125 Å². The average molecular weight is 430 g/mol. The molecule has 0 fully saturated rings. The number of rotatable bonds is 7. The van der Waals surface area contributed by atoms with E-state index in [0.29, 0.717) is 16.9 Å². The van der Waals surface area contributed by atoms with Crippen LogP contribution < -0.4 is 20.7 Å². The van der Waals surface area contributed by atoms with E-state index in [2.05, 4.69) is 30.6 Å². The van der Waals surface area contributed by atoms with Gasteiger partial charge in [0.1, 0.15) is 0 Å². The zero-order valence-electron chi connectivity index (χ0n) is 16.1. The number of aromatic nitrogens is 2. The molecule has 0 aliphatic heterocycles. The number of carbonyl (C=O) groups is 1. The molecule has 2 aromatic carbocycles. The Labute approximate surface area is 172 Å². The first-order valence-corrected chi connectivity index (χ1v) is 10.6. The van der Waals surface area contributed by atoms with Gasteiger partial charge in [0, 0.05) is 18.3 Å². The van der Waals surface area contributed by atoms with Crippen LogP contribution in [0.15, 0.2) is 54.7 Å². The number of hydrogen-bond donors (Lipinski definition) is 4. The Hall–Kier alpha value is -3.73. The number of anilines is 5. The Balaban J connectivity index is 1.86. The van der Waals surface area contributed by atoms with Crippen molar-refractivity contribution < 1.29 is 17.6 Å². The Bertz CT molecular complexity index is 1190. The summed E-state index contributed by atoms with van der Waals surface area (Å²) in [6.07, 6.45) is 2.00. The summed E-state index contributed by atoms with van der Waals surface area (Å²) in [7, 11) is -2.00. The number of sulfonamides is 1. The first kappa shape index (κ1) is 21.0. The van der Waals surface area contributed by atoms with Crippen LogP contribution in [0.25, 0.3) is 0 Å². The highest BCUT2D eigenvalue weighted by Gasteiger charge is 2.12. The van der Waals surface area contributed by atoms with E-state index >= 15 is 0 Å². The Kier molecular flexibility index (Phi) is 6.11. The van der Waals surface area contributed by atoms with Gasteiger partial charge in [-0.15, -0.1) is 0 Å². The van der Waals surface area contributed by atoms with Crippen LogP contribution in [0.4, 0.5) is 33.2 Å². The lowest BCUT2D eigenvalue weighted by Gasteiger charge is -2.13. The largest absolute Gasteiger partial charge is 0.355 e. The summed E-state index contributed by atoms with van der Waals surface area (Å²) in [6, 6.07) is 13.1. The van der Waals surface area contributed by atoms with Crippen LogP contribution in [0.1, 0.15) is 10.4 Å². The molecule has 0 aliphatic rings. The summed E-state index contributed by atoms with van der Waals surface area (Å²) < 4.78 is 39.7. The van der Waals surface area contributed by atoms with Gasteiger partial charge in [-0.2, -0.15) is 4.98 Å². The Morgan fingerprint density at radius 2 is 1.77 bits per heavy atom. The summed E-state index contributed by atoms with van der Waals surface area (Å²) in [4.78, 5) is 19.8. The van der Waals surface area contributed by atoms with Crippen LogP contribution in [0, 0.1) is 5.82 Å². The maximum absolute atomic E-state index is 14.3. The van der Waals surface area contributed by atoms with E-state index in [-0.39, 0.29) is 23.4 Å². The van der Waals surface area contributed by atoms with Gasteiger partial charge in [-0.05, 0) is 30.3 Å². The zero-order chi connectivity index (χ0) is 21.7. The van der Waals surface area contributed by atoms with E-state index in [4.69, 9.17) is 0 Å². The third kappa shape index (κ3) is 5.41. The molecular weight excluding hydrogens is 411 g/mol. The second-order valence-electron chi connectivity index (χ2n) is 6.22. The zero-order valence-corrected chi connectivity index (χ0v) is 16.9. The molecular formula is C19H19FN6O3S. The molecule has 156 valence electrons. The van der Waals surface area contributed by atoms with Crippen molar-refractivity contribution in [3.63, 3.8) is 0 Å². The van der Waals surface area contributed by atoms with Gasteiger partial charge in [0.2, 0.25) is 16.0 Å². The number of carbonyl (C=O) groups excluding carboxylic acids is 1. The highest BCUT2D eigenvalue weighted by Crippen LogP contribution is 2.27. The van der Waals surface area contributed by atoms with E-state index in [9.17, 15) is 17.6 Å². The number of hydrogen-bond acceptors (Lipinski definition) is 7. The molecule has 4 N–H and O–H groups in total. The van der Waals surface area contributed by atoms with Crippen molar-refractivity contribution in [3.8, 4) is 0 Å². The van der Waals surface area contributed by atoms with Gasteiger partial charge in [-0.25, -0.2) is 17.8 Å². The van der Waals surface area contributed by atoms with Gasteiger partial charge >= 0.3 is 0 Å². The maximum atomic E-state index is 14.3. The number of amides is 1. The normalized spacial score (nSPS) is 10.9. The van der Waals surface area contributed by atoms with E-state index in [1.54, 1.807) is 42.5 Å². The smallest absolute Gasteiger partial charge is 0.251 e. The average Bonchev–Trinajstić information content (AvgIpc) is 2.70. The summed E-state index contributed by atoms with van der Waals surface area (Å²) in [6.45, 7) is 0. The standard InChI is InChI=1S/C19H19FN6O3S/c1-21-18(27)12-6-5-7-13(10-12)23-19-22-11-14(20)17(25-19)24-15-8-3-4-9-16(15)26-30(2,28)29/h3-11,26H,1-2H3,(H,21,27)(H2,22,23,24,25). The Morgan fingerprint density at radius 3 is 2.47 bits per heavy atom. The van der Waals surface area contributed by atoms with Crippen molar-refractivity contribution in [2.45, 2.75) is 0 Å². The quantitative estimate of drug-likeness (QED) is 0.454. The minimum atomic E-state index is -3.53.